The van der Waals surface area contributed by atoms with Gasteiger partial charge in [0.15, 0.2) is 0 Å². The predicted octanol–water partition coefficient (Wildman–Crippen LogP) is 14.5. The highest BCUT2D eigenvalue weighted by Gasteiger charge is 2.23. The zero-order valence-electron chi connectivity index (χ0n) is 30.1. The van der Waals surface area contributed by atoms with Crippen LogP contribution >= 0.6 is 0 Å². The van der Waals surface area contributed by atoms with Gasteiger partial charge in [-0.3, -0.25) is 0 Å². The lowest BCUT2D eigenvalue weighted by molar-refractivity contribution is 0.670. The molecule has 0 aliphatic carbocycles. The van der Waals surface area contributed by atoms with Gasteiger partial charge in [0.25, 0.3) is 0 Å². The van der Waals surface area contributed by atoms with Gasteiger partial charge in [-0.2, -0.15) is 5.26 Å². The van der Waals surface area contributed by atoms with Crippen LogP contribution in [0.15, 0.2) is 186 Å². The number of nitriles is 1. The van der Waals surface area contributed by atoms with Crippen molar-refractivity contribution < 1.29 is 4.42 Å². The minimum atomic E-state index is 0.649. The third kappa shape index (κ3) is 4.27. The average Bonchev–Trinajstić information content (AvgIpc) is 3.82. The third-order valence-electron chi connectivity index (χ3n) is 11.8. The topological polar surface area (TPSA) is 41.9 Å². The van der Waals surface area contributed by atoms with Gasteiger partial charge in [0.05, 0.1) is 22.7 Å². The standard InChI is InChI=1S/C53H30N2O/c54-31-32-22-25-46-43(28-32)44-30-35(23-26-47(44)55(46)36-14-2-1-3-15-36)49-39-18-8-10-20-41(39)50(42-21-11-9-19-40(42)49)45-29-34-13-5-7-17-38(34)52-51-37-16-6-4-12-33(37)24-27-48(51)56-53(45)52/h1-30H. The summed E-state index contributed by atoms with van der Waals surface area (Å²) in [6.45, 7) is 0. The fraction of sp³-hybridized carbons (Fsp3) is 0. The summed E-state index contributed by atoms with van der Waals surface area (Å²) in [4.78, 5) is 0. The van der Waals surface area contributed by atoms with Gasteiger partial charge in [0, 0.05) is 38.4 Å². The Bertz CT molecular complexity index is 3600. The number of furan rings is 1. The fourth-order valence-corrected chi connectivity index (χ4v) is 9.41. The average molecular weight is 711 g/mol. The molecule has 0 aliphatic heterocycles. The van der Waals surface area contributed by atoms with Gasteiger partial charge in [-0.1, -0.05) is 127 Å². The van der Waals surface area contributed by atoms with E-state index in [4.69, 9.17) is 4.42 Å². The number of aromatic nitrogens is 1. The zero-order valence-corrected chi connectivity index (χ0v) is 30.1. The number of hydrogen-bond acceptors (Lipinski definition) is 2. The normalized spacial score (nSPS) is 11.9. The molecule has 3 heteroatoms. The Balaban J connectivity index is 1.20. The van der Waals surface area contributed by atoms with Crippen LogP contribution in [0, 0.1) is 11.3 Å². The van der Waals surface area contributed by atoms with Gasteiger partial charge < -0.3 is 8.98 Å². The van der Waals surface area contributed by atoms with Crippen molar-refractivity contribution in [3.8, 4) is 34.0 Å². The molecule has 12 rings (SSSR count). The van der Waals surface area contributed by atoms with Crippen LogP contribution in [0.25, 0.3) is 115 Å². The molecule has 0 bridgehead atoms. The van der Waals surface area contributed by atoms with E-state index < -0.39 is 0 Å². The van der Waals surface area contributed by atoms with E-state index in [2.05, 4.69) is 174 Å². The Morgan fingerprint density at radius 2 is 1.00 bits per heavy atom. The number of para-hydroxylation sites is 1. The van der Waals surface area contributed by atoms with Crippen LogP contribution in [0.5, 0.6) is 0 Å². The molecule has 0 radical (unpaired) electrons. The molecule has 2 aromatic heterocycles. The Hall–Kier alpha value is -7.67. The summed E-state index contributed by atoms with van der Waals surface area (Å²) in [6.07, 6.45) is 0. The maximum atomic E-state index is 9.93. The summed E-state index contributed by atoms with van der Waals surface area (Å²) < 4.78 is 9.29. The van der Waals surface area contributed by atoms with Crippen LogP contribution in [0.3, 0.4) is 0 Å². The maximum Gasteiger partial charge on any atom is 0.143 e. The second-order valence-corrected chi connectivity index (χ2v) is 14.7. The van der Waals surface area contributed by atoms with E-state index in [1.807, 2.05) is 18.2 Å². The fourth-order valence-electron chi connectivity index (χ4n) is 9.41. The van der Waals surface area contributed by atoms with E-state index in [0.29, 0.717) is 5.56 Å². The van der Waals surface area contributed by atoms with E-state index in [-0.39, 0.29) is 0 Å². The lowest BCUT2D eigenvalue weighted by atomic mass is 9.84. The van der Waals surface area contributed by atoms with Gasteiger partial charge in [-0.15, -0.1) is 0 Å². The third-order valence-corrected chi connectivity index (χ3v) is 11.8. The molecule has 56 heavy (non-hydrogen) atoms. The van der Waals surface area contributed by atoms with E-state index >= 15 is 0 Å². The Kier molecular flexibility index (Phi) is 6.41. The Morgan fingerprint density at radius 3 is 1.70 bits per heavy atom. The molecular weight excluding hydrogens is 681 g/mol. The van der Waals surface area contributed by atoms with Gasteiger partial charge >= 0.3 is 0 Å². The first kappa shape index (κ1) is 30.8. The predicted molar refractivity (Wildman–Crippen MR) is 234 cm³/mol. The molecule has 0 unspecified atom stereocenters. The van der Waals surface area contributed by atoms with E-state index in [1.165, 1.54) is 54.2 Å². The minimum absolute atomic E-state index is 0.649. The molecule has 0 saturated heterocycles. The second kappa shape index (κ2) is 11.7. The highest BCUT2D eigenvalue weighted by Crippen LogP contribution is 2.49. The summed E-state index contributed by atoms with van der Waals surface area (Å²) in [5.74, 6) is 0. The largest absolute Gasteiger partial charge is 0.455 e. The van der Waals surface area contributed by atoms with Crippen LogP contribution in [0.2, 0.25) is 0 Å². The molecule has 258 valence electrons. The molecular formula is C53H30N2O. The number of nitrogens with zero attached hydrogens (tertiary/aromatic N) is 2. The van der Waals surface area contributed by atoms with Crippen LogP contribution in [0.4, 0.5) is 0 Å². The molecule has 0 amide bonds. The Morgan fingerprint density at radius 1 is 0.429 bits per heavy atom. The van der Waals surface area contributed by atoms with Crippen molar-refractivity contribution in [3.63, 3.8) is 0 Å². The van der Waals surface area contributed by atoms with Crippen molar-refractivity contribution in [2.24, 2.45) is 0 Å². The van der Waals surface area contributed by atoms with Crippen LogP contribution < -0.4 is 0 Å². The lowest BCUT2D eigenvalue weighted by Gasteiger charge is -2.18. The first-order valence-corrected chi connectivity index (χ1v) is 19.0. The summed E-state index contributed by atoms with van der Waals surface area (Å²) in [5, 5.41) is 23.9. The van der Waals surface area contributed by atoms with Crippen molar-refractivity contribution in [2.45, 2.75) is 0 Å². The summed E-state index contributed by atoms with van der Waals surface area (Å²) >= 11 is 0. The quantitative estimate of drug-likeness (QED) is 0.171. The molecule has 0 spiro atoms. The summed E-state index contributed by atoms with van der Waals surface area (Å²) in [6, 6.07) is 67.2. The van der Waals surface area contributed by atoms with Crippen molar-refractivity contribution in [3.05, 3.63) is 188 Å². The molecule has 12 aromatic rings. The minimum Gasteiger partial charge on any atom is -0.455 e. The molecule has 3 nitrogen and oxygen atoms in total. The highest BCUT2D eigenvalue weighted by molar-refractivity contribution is 6.31. The molecule has 0 fully saturated rings. The highest BCUT2D eigenvalue weighted by atomic mass is 16.3. The number of benzene rings is 10. The van der Waals surface area contributed by atoms with Gasteiger partial charge in [-0.05, 0) is 109 Å². The molecule has 0 saturated carbocycles. The van der Waals surface area contributed by atoms with E-state index in [9.17, 15) is 5.26 Å². The monoisotopic (exact) mass is 710 g/mol. The number of fused-ring (bicyclic) bond motifs is 12. The zero-order chi connectivity index (χ0) is 36.9. The summed E-state index contributed by atoms with van der Waals surface area (Å²) in [5.41, 5.74) is 10.3. The van der Waals surface area contributed by atoms with E-state index in [0.717, 1.165) is 60.6 Å². The van der Waals surface area contributed by atoms with Crippen LogP contribution in [-0.2, 0) is 0 Å². The van der Waals surface area contributed by atoms with Crippen molar-refractivity contribution in [2.75, 3.05) is 0 Å². The summed E-state index contributed by atoms with van der Waals surface area (Å²) in [7, 11) is 0. The molecule has 2 heterocycles. The SMILES string of the molecule is N#Cc1ccc2c(c1)c1cc(-c3c4ccccc4c(-c4cc5ccccc5c5c4oc4ccc6ccccc6c45)c4ccccc34)ccc1n2-c1ccccc1. The lowest BCUT2D eigenvalue weighted by Crippen LogP contribution is -1.93. The molecule has 0 aliphatic rings. The maximum absolute atomic E-state index is 9.93. The van der Waals surface area contributed by atoms with Crippen LogP contribution in [-0.4, -0.2) is 4.57 Å². The van der Waals surface area contributed by atoms with Crippen molar-refractivity contribution >= 4 is 86.8 Å². The molecule has 10 aromatic carbocycles. The van der Waals surface area contributed by atoms with Gasteiger partial charge in [0.1, 0.15) is 11.2 Å². The number of hydrogen-bond donors (Lipinski definition) is 0. The first-order valence-electron chi connectivity index (χ1n) is 19.0. The molecule has 0 atom stereocenters. The first-order chi connectivity index (χ1) is 27.7. The van der Waals surface area contributed by atoms with Gasteiger partial charge in [0.2, 0.25) is 0 Å². The second-order valence-electron chi connectivity index (χ2n) is 14.7. The van der Waals surface area contributed by atoms with E-state index in [1.54, 1.807) is 0 Å². The smallest absolute Gasteiger partial charge is 0.143 e. The van der Waals surface area contributed by atoms with Crippen molar-refractivity contribution in [1.29, 1.82) is 5.26 Å². The van der Waals surface area contributed by atoms with Gasteiger partial charge in [-0.25, -0.2) is 0 Å². The van der Waals surface area contributed by atoms with Crippen molar-refractivity contribution in [1.82, 2.24) is 4.57 Å². The molecule has 0 N–H and O–H groups in total. The van der Waals surface area contributed by atoms with Crippen LogP contribution in [0.1, 0.15) is 5.56 Å². The number of rotatable bonds is 3. The Labute approximate surface area is 321 Å².